The van der Waals surface area contributed by atoms with Gasteiger partial charge in [-0.1, -0.05) is 18.0 Å². The van der Waals surface area contributed by atoms with Gasteiger partial charge in [-0.05, 0) is 56.2 Å². The number of anilines is 1. The predicted octanol–water partition coefficient (Wildman–Crippen LogP) is 4.27. The maximum absolute atomic E-state index is 13.1. The summed E-state index contributed by atoms with van der Waals surface area (Å²) in [6.45, 7) is 0.430. The summed E-state index contributed by atoms with van der Waals surface area (Å²) in [4.78, 5) is 38.7. The summed E-state index contributed by atoms with van der Waals surface area (Å²) in [5.74, 6) is -1.25. The number of carbonyl (C=O) groups excluding carboxylic acids is 3. The van der Waals surface area contributed by atoms with E-state index in [1.54, 1.807) is 6.07 Å². The number of aryl methyl sites for hydroxylation is 1. The van der Waals surface area contributed by atoms with E-state index in [4.69, 9.17) is 11.6 Å². The highest BCUT2D eigenvalue weighted by Gasteiger charge is 2.34. The molecule has 190 valence electrons. The topological polar surface area (TPSA) is 122 Å². The van der Waals surface area contributed by atoms with E-state index in [1.807, 2.05) is 0 Å². The number of fused-ring (bicyclic) bond motifs is 1. The Morgan fingerprint density at radius 3 is 2.46 bits per heavy atom. The number of halogens is 1. The van der Waals surface area contributed by atoms with E-state index in [0.717, 1.165) is 47.5 Å². The molecule has 0 bridgehead atoms. The first-order chi connectivity index (χ1) is 16.7. The van der Waals surface area contributed by atoms with E-state index in [0.29, 0.717) is 34.2 Å². The SMILES string of the molecule is COC(=O)NC(=O)c1c(NC(=O)C2CCN(S(=O)(=O)c3ccc(Cl)s3)CC2)sc2c1CCCCC2. The Morgan fingerprint density at radius 1 is 1.09 bits per heavy atom. The summed E-state index contributed by atoms with van der Waals surface area (Å²) >= 11 is 8.28. The van der Waals surface area contributed by atoms with Crippen LogP contribution in [0.4, 0.5) is 9.80 Å². The van der Waals surface area contributed by atoms with Crippen molar-refractivity contribution in [3.05, 3.63) is 32.5 Å². The van der Waals surface area contributed by atoms with Crippen molar-refractivity contribution in [3.63, 3.8) is 0 Å². The number of ether oxygens (including phenoxy) is 1. The number of hydrogen-bond donors (Lipinski definition) is 2. The monoisotopic (exact) mass is 559 g/mol. The molecular formula is C22H26ClN3O6S3. The van der Waals surface area contributed by atoms with Crippen LogP contribution in [-0.2, 0) is 32.4 Å². The van der Waals surface area contributed by atoms with Crippen LogP contribution in [0.5, 0.6) is 0 Å². The third-order valence-corrected chi connectivity index (χ3v) is 11.1. The minimum atomic E-state index is -3.65. The van der Waals surface area contributed by atoms with Crippen molar-refractivity contribution >= 4 is 67.2 Å². The third-order valence-electron chi connectivity index (χ3n) is 6.25. The predicted molar refractivity (Wildman–Crippen MR) is 135 cm³/mol. The zero-order chi connectivity index (χ0) is 25.2. The van der Waals surface area contributed by atoms with E-state index in [-0.39, 0.29) is 23.2 Å². The van der Waals surface area contributed by atoms with Crippen molar-refractivity contribution in [1.29, 1.82) is 0 Å². The first-order valence-electron chi connectivity index (χ1n) is 11.3. The number of nitrogens with zero attached hydrogens (tertiary/aromatic N) is 1. The minimum absolute atomic E-state index is 0.187. The number of piperidine rings is 1. The van der Waals surface area contributed by atoms with Crippen LogP contribution < -0.4 is 10.6 Å². The molecule has 2 aromatic rings. The smallest absolute Gasteiger partial charge is 0.413 e. The van der Waals surface area contributed by atoms with Gasteiger partial charge in [0, 0.05) is 23.9 Å². The van der Waals surface area contributed by atoms with Gasteiger partial charge in [-0.3, -0.25) is 14.9 Å². The largest absolute Gasteiger partial charge is 0.453 e. The molecule has 0 atom stereocenters. The number of alkyl carbamates (subject to hydrolysis) is 1. The fourth-order valence-corrected chi connectivity index (χ4v) is 8.81. The van der Waals surface area contributed by atoms with Gasteiger partial charge < -0.3 is 10.1 Å². The standard InChI is InChI=1S/C22H26ClN3O6S3/c1-32-22(29)25-20(28)18-14-5-3-2-4-6-15(14)33-21(18)24-19(27)13-9-11-26(12-10-13)35(30,31)17-8-7-16(23)34-17/h7-8,13H,2-6,9-12H2,1H3,(H,24,27)(H,25,28,29). The van der Waals surface area contributed by atoms with Crippen LogP contribution >= 0.6 is 34.3 Å². The highest BCUT2D eigenvalue weighted by molar-refractivity contribution is 7.91. The van der Waals surface area contributed by atoms with Crippen molar-refractivity contribution < 1.29 is 27.5 Å². The van der Waals surface area contributed by atoms with Crippen LogP contribution in [0.1, 0.15) is 52.9 Å². The Bertz CT molecular complexity index is 1230. The summed E-state index contributed by atoms with van der Waals surface area (Å²) in [5, 5.41) is 5.53. The molecule has 1 saturated heterocycles. The molecule has 13 heteroatoms. The number of nitrogens with one attached hydrogen (secondary N) is 2. The lowest BCUT2D eigenvalue weighted by molar-refractivity contribution is -0.120. The van der Waals surface area contributed by atoms with Gasteiger partial charge in [-0.25, -0.2) is 13.2 Å². The van der Waals surface area contributed by atoms with Crippen LogP contribution in [0.15, 0.2) is 16.3 Å². The normalized spacial score (nSPS) is 17.3. The van der Waals surface area contributed by atoms with Gasteiger partial charge in [0.1, 0.15) is 9.21 Å². The number of sulfonamides is 1. The lowest BCUT2D eigenvalue weighted by Gasteiger charge is -2.30. The second kappa shape index (κ2) is 11.0. The molecule has 2 aliphatic rings. The van der Waals surface area contributed by atoms with Crippen LogP contribution in [-0.4, -0.2) is 50.8 Å². The van der Waals surface area contributed by atoms with Crippen LogP contribution in [0.2, 0.25) is 4.34 Å². The summed E-state index contributed by atoms with van der Waals surface area (Å²) in [7, 11) is -2.47. The number of carbonyl (C=O) groups is 3. The van der Waals surface area contributed by atoms with Crippen molar-refractivity contribution in [3.8, 4) is 0 Å². The summed E-state index contributed by atoms with van der Waals surface area (Å²) < 4.78 is 32.2. The molecule has 2 N–H and O–H groups in total. The van der Waals surface area contributed by atoms with Crippen molar-refractivity contribution in [2.45, 2.75) is 49.2 Å². The van der Waals surface area contributed by atoms with Gasteiger partial charge in [0.25, 0.3) is 15.9 Å². The van der Waals surface area contributed by atoms with E-state index in [9.17, 15) is 22.8 Å². The fraction of sp³-hybridized carbons (Fsp3) is 0.500. The van der Waals surface area contributed by atoms with Crippen molar-refractivity contribution in [2.24, 2.45) is 5.92 Å². The highest BCUT2D eigenvalue weighted by atomic mass is 35.5. The molecule has 3 heterocycles. The molecule has 0 spiro atoms. The molecular weight excluding hydrogens is 534 g/mol. The summed E-state index contributed by atoms with van der Waals surface area (Å²) in [6, 6.07) is 3.04. The molecule has 4 rings (SSSR count). The maximum Gasteiger partial charge on any atom is 0.413 e. The molecule has 3 amide bonds. The second-order valence-electron chi connectivity index (χ2n) is 8.44. The third kappa shape index (κ3) is 5.72. The van der Waals surface area contributed by atoms with E-state index < -0.39 is 27.9 Å². The number of hydrogen-bond acceptors (Lipinski definition) is 8. The first kappa shape index (κ1) is 26.1. The molecule has 0 saturated carbocycles. The number of imide groups is 1. The number of rotatable bonds is 5. The Morgan fingerprint density at radius 2 is 1.80 bits per heavy atom. The van der Waals surface area contributed by atoms with Gasteiger partial charge in [0.2, 0.25) is 5.91 Å². The van der Waals surface area contributed by atoms with E-state index >= 15 is 0 Å². The molecule has 1 fully saturated rings. The molecule has 0 aromatic carbocycles. The molecule has 35 heavy (non-hydrogen) atoms. The van der Waals surface area contributed by atoms with Crippen molar-refractivity contribution in [1.82, 2.24) is 9.62 Å². The van der Waals surface area contributed by atoms with Gasteiger partial charge in [-0.2, -0.15) is 4.31 Å². The average Bonchev–Trinajstić information content (AvgIpc) is 3.35. The lowest BCUT2D eigenvalue weighted by Crippen LogP contribution is -2.41. The molecule has 2 aromatic heterocycles. The van der Waals surface area contributed by atoms with Crippen LogP contribution in [0.3, 0.4) is 0 Å². The lowest BCUT2D eigenvalue weighted by atomic mass is 9.97. The zero-order valence-electron chi connectivity index (χ0n) is 19.1. The Kier molecular flexibility index (Phi) is 8.16. The number of thiophene rings is 2. The number of amides is 3. The number of methoxy groups -OCH3 is 1. The Hall–Kier alpha value is -1.99. The molecule has 9 nitrogen and oxygen atoms in total. The van der Waals surface area contributed by atoms with E-state index in [2.05, 4.69) is 15.4 Å². The minimum Gasteiger partial charge on any atom is -0.453 e. The molecule has 1 aliphatic heterocycles. The Labute approximate surface area is 216 Å². The van der Waals surface area contributed by atoms with Gasteiger partial charge >= 0.3 is 6.09 Å². The molecule has 0 radical (unpaired) electrons. The fourth-order valence-electron chi connectivity index (χ4n) is 4.41. The quantitative estimate of drug-likeness (QED) is 0.528. The second-order valence-corrected chi connectivity index (χ2v) is 13.4. The molecule has 1 aliphatic carbocycles. The first-order valence-corrected chi connectivity index (χ1v) is 14.8. The highest BCUT2D eigenvalue weighted by Crippen LogP contribution is 2.38. The Balaban J connectivity index is 1.47. The summed E-state index contributed by atoms with van der Waals surface area (Å²) in [5.41, 5.74) is 1.19. The average molecular weight is 560 g/mol. The van der Waals surface area contributed by atoms with Gasteiger partial charge in [0.15, 0.2) is 0 Å². The zero-order valence-corrected chi connectivity index (χ0v) is 22.3. The summed E-state index contributed by atoms with van der Waals surface area (Å²) in [6.07, 6.45) is 4.37. The van der Waals surface area contributed by atoms with Crippen molar-refractivity contribution in [2.75, 3.05) is 25.5 Å². The maximum atomic E-state index is 13.1. The van der Waals surface area contributed by atoms with Crippen LogP contribution in [0.25, 0.3) is 0 Å². The van der Waals surface area contributed by atoms with Gasteiger partial charge in [0.05, 0.1) is 17.0 Å². The van der Waals surface area contributed by atoms with E-state index in [1.165, 1.54) is 28.8 Å². The van der Waals surface area contributed by atoms with Gasteiger partial charge in [-0.15, -0.1) is 22.7 Å². The molecule has 0 unspecified atom stereocenters. The van der Waals surface area contributed by atoms with Crippen LogP contribution in [0, 0.1) is 5.92 Å².